The van der Waals surface area contributed by atoms with Gasteiger partial charge in [-0.1, -0.05) is 48.0 Å². The van der Waals surface area contributed by atoms with Crippen molar-refractivity contribution in [3.8, 4) is 5.69 Å². The van der Waals surface area contributed by atoms with Crippen LogP contribution in [0.3, 0.4) is 0 Å². The summed E-state index contributed by atoms with van der Waals surface area (Å²) in [6.45, 7) is 4.65. The Morgan fingerprint density at radius 2 is 1.67 bits per heavy atom. The van der Waals surface area contributed by atoms with Crippen LogP contribution in [-0.2, 0) is 13.1 Å². The number of nitrogens with zero attached hydrogens (tertiary/aromatic N) is 4. The van der Waals surface area contributed by atoms with Gasteiger partial charge in [-0.15, -0.1) is 0 Å². The zero-order valence-corrected chi connectivity index (χ0v) is 15.3. The highest BCUT2D eigenvalue weighted by atomic mass is 16.2. The molecule has 0 saturated carbocycles. The lowest BCUT2D eigenvalue weighted by Gasteiger charge is -2.11. The van der Waals surface area contributed by atoms with E-state index in [2.05, 4.69) is 4.98 Å². The van der Waals surface area contributed by atoms with Gasteiger partial charge < -0.3 is 4.57 Å². The van der Waals surface area contributed by atoms with Crippen LogP contribution in [0.2, 0.25) is 0 Å². The van der Waals surface area contributed by atoms with Crippen molar-refractivity contribution in [1.82, 2.24) is 18.7 Å². The Labute approximate surface area is 156 Å². The minimum Gasteiger partial charge on any atom is -0.320 e. The highest BCUT2D eigenvalue weighted by Gasteiger charge is 2.18. The van der Waals surface area contributed by atoms with Crippen LogP contribution in [-0.4, -0.2) is 18.7 Å². The number of hydrogen-bond donors (Lipinski definition) is 0. The van der Waals surface area contributed by atoms with E-state index >= 15 is 0 Å². The van der Waals surface area contributed by atoms with E-state index in [1.54, 1.807) is 13.3 Å². The smallest absolute Gasteiger partial charge is 0.320 e. The summed E-state index contributed by atoms with van der Waals surface area (Å²) in [6, 6.07) is 17.4. The van der Waals surface area contributed by atoms with Gasteiger partial charge in [0.1, 0.15) is 0 Å². The molecule has 136 valence electrons. The topological polar surface area (TPSA) is 61.8 Å². The maximum absolute atomic E-state index is 13.0. The van der Waals surface area contributed by atoms with Crippen molar-refractivity contribution in [2.45, 2.75) is 26.9 Å². The van der Waals surface area contributed by atoms with E-state index in [0.717, 1.165) is 5.56 Å². The van der Waals surface area contributed by atoms with E-state index in [1.165, 1.54) is 14.7 Å². The number of imidazole rings is 1. The standard InChI is InChI=1S/C21H20N4O2/c1-3-24-20(26)18-19(25(21(24)27)17-7-5-4-6-8-17)22-14-23(18)13-16-11-9-15(2)10-12-16/h4-12,14H,3,13H2,1-2H3. The highest BCUT2D eigenvalue weighted by molar-refractivity contribution is 5.72. The van der Waals surface area contributed by atoms with Crippen LogP contribution >= 0.6 is 0 Å². The van der Waals surface area contributed by atoms with Crippen molar-refractivity contribution in [1.29, 1.82) is 0 Å². The number of hydrogen-bond acceptors (Lipinski definition) is 3. The second-order valence-corrected chi connectivity index (χ2v) is 6.53. The van der Waals surface area contributed by atoms with Gasteiger partial charge >= 0.3 is 5.69 Å². The third-order valence-electron chi connectivity index (χ3n) is 4.70. The number of benzene rings is 2. The van der Waals surface area contributed by atoms with Crippen molar-refractivity contribution in [2.75, 3.05) is 0 Å². The summed E-state index contributed by atoms with van der Waals surface area (Å²) in [7, 11) is 0. The summed E-state index contributed by atoms with van der Waals surface area (Å²) < 4.78 is 4.57. The van der Waals surface area contributed by atoms with E-state index in [4.69, 9.17) is 0 Å². The van der Waals surface area contributed by atoms with Gasteiger partial charge in [0.05, 0.1) is 12.0 Å². The summed E-state index contributed by atoms with van der Waals surface area (Å²) in [4.78, 5) is 30.3. The molecule has 0 spiro atoms. The van der Waals surface area contributed by atoms with Crippen LogP contribution in [0, 0.1) is 6.92 Å². The Kier molecular flexibility index (Phi) is 4.24. The first kappa shape index (κ1) is 17.0. The van der Waals surface area contributed by atoms with Crippen LogP contribution in [0.5, 0.6) is 0 Å². The predicted molar refractivity (Wildman–Crippen MR) is 106 cm³/mol. The second kappa shape index (κ2) is 6.72. The van der Waals surface area contributed by atoms with Gasteiger partial charge in [-0.25, -0.2) is 14.3 Å². The first-order valence-electron chi connectivity index (χ1n) is 8.92. The van der Waals surface area contributed by atoms with E-state index < -0.39 is 0 Å². The van der Waals surface area contributed by atoms with Gasteiger partial charge in [-0.2, -0.15) is 0 Å². The molecule has 0 aliphatic carbocycles. The van der Waals surface area contributed by atoms with Crippen LogP contribution in [0.15, 0.2) is 70.5 Å². The average molecular weight is 360 g/mol. The molecule has 27 heavy (non-hydrogen) atoms. The Morgan fingerprint density at radius 1 is 0.963 bits per heavy atom. The minimum atomic E-state index is -0.373. The van der Waals surface area contributed by atoms with E-state index in [-0.39, 0.29) is 11.2 Å². The molecule has 0 N–H and O–H groups in total. The van der Waals surface area contributed by atoms with Crippen molar-refractivity contribution < 1.29 is 0 Å². The van der Waals surface area contributed by atoms with Gasteiger partial charge in [-0.05, 0) is 31.5 Å². The Morgan fingerprint density at radius 3 is 2.33 bits per heavy atom. The molecule has 0 fully saturated rings. The minimum absolute atomic E-state index is 0.302. The van der Waals surface area contributed by atoms with Gasteiger partial charge in [0, 0.05) is 13.1 Å². The zero-order chi connectivity index (χ0) is 19.0. The van der Waals surface area contributed by atoms with E-state index in [0.29, 0.717) is 29.9 Å². The van der Waals surface area contributed by atoms with Gasteiger partial charge in [-0.3, -0.25) is 9.36 Å². The second-order valence-electron chi connectivity index (χ2n) is 6.53. The Balaban J connectivity index is 1.98. The van der Waals surface area contributed by atoms with E-state index in [9.17, 15) is 9.59 Å². The highest BCUT2D eigenvalue weighted by Crippen LogP contribution is 2.14. The molecule has 6 nitrogen and oxygen atoms in total. The van der Waals surface area contributed by atoms with Crippen LogP contribution < -0.4 is 11.2 Å². The van der Waals surface area contributed by atoms with Crippen LogP contribution in [0.4, 0.5) is 0 Å². The van der Waals surface area contributed by atoms with Crippen molar-refractivity contribution in [2.24, 2.45) is 0 Å². The summed E-state index contributed by atoms with van der Waals surface area (Å²) in [5.74, 6) is 0. The Hall–Kier alpha value is -3.41. The molecule has 0 aliphatic rings. The normalized spacial score (nSPS) is 11.2. The number of para-hydroxylation sites is 1. The molecule has 2 aromatic heterocycles. The third-order valence-corrected chi connectivity index (χ3v) is 4.70. The van der Waals surface area contributed by atoms with Crippen molar-refractivity contribution in [3.05, 3.63) is 92.9 Å². The first-order chi connectivity index (χ1) is 13.1. The fourth-order valence-corrected chi connectivity index (χ4v) is 3.28. The number of aryl methyl sites for hydroxylation is 1. The molecular formula is C21H20N4O2. The predicted octanol–water partition coefficient (Wildman–Crippen LogP) is 2.73. The SMILES string of the molecule is CCn1c(=O)c2c(ncn2Cc2ccc(C)cc2)n(-c2ccccc2)c1=O. The zero-order valence-electron chi connectivity index (χ0n) is 15.3. The molecule has 4 rings (SSSR count). The molecule has 0 amide bonds. The molecule has 0 unspecified atom stereocenters. The molecular weight excluding hydrogens is 340 g/mol. The van der Waals surface area contributed by atoms with Crippen molar-refractivity contribution in [3.63, 3.8) is 0 Å². The molecule has 4 aromatic rings. The molecule has 6 heteroatoms. The number of aromatic nitrogens is 4. The fraction of sp³-hybridized carbons (Fsp3) is 0.190. The molecule has 2 aromatic carbocycles. The first-order valence-corrected chi connectivity index (χ1v) is 8.92. The lowest BCUT2D eigenvalue weighted by atomic mass is 10.1. The summed E-state index contributed by atoms with van der Waals surface area (Å²) in [5.41, 5.74) is 3.07. The summed E-state index contributed by atoms with van der Waals surface area (Å²) in [6.07, 6.45) is 1.63. The van der Waals surface area contributed by atoms with Gasteiger partial charge in [0.15, 0.2) is 11.2 Å². The molecule has 0 saturated heterocycles. The fourth-order valence-electron chi connectivity index (χ4n) is 3.28. The lowest BCUT2D eigenvalue weighted by Crippen LogP contribution is -2.39. The maximum atomic E-state index is 13.0. The third kappa shape index (κ3) is 2.89. The molecule has 0 radical (unpaired) electrons. The van der Waals surface area contributed by atoms with Crippen LogP contribution in [0.1, 0.15) is 18.1 Å². The van der Waals surface area contributed by atoms with Crippen molar-refractivity contribution >= 4 is 11.2 Å². The molecule has 2 heterocycles. The lowest BCUT2D eigenvalue weighted by molar-refractivity contribution is 0.655. The van der Waals surface area contributed by atoms with E-state index in [1.807, 2.05) is 66.1 Å². The maximum Gasteiger partial charge on any atom is 0.337 e. The van der Waals surface area contributed by atoms with Gasteiger partial charge in [0.2, 0.25) is 0 Å². The van der Waals surface area contributed by atoms with Gasteiger partial charge in [0.25, 0.3) is 5.56 Å². The largest absolute Gasteiger partial charge is 0.337 e. The number of fused-ring (bicyclic) bond motifs is 1. The number of rotatable bonds is 4. The van der Waals surface area contributed by atoms with Crippen LogP contribution in [0.25, 0.3) is 16.9 Å². The molecule has 0 aliphatic heterocycles. The summed E-state index contributed by atoms with van der Waals surface area (Å²) >= 11 is 0. The summed E-state index contributed by atoms with van der Waals surface area (Å²) in [5, 5.41) is 0. The molecule has 0 atom stereocenters. The quantitative estimate of drug-likeness (QED) is 0.562. The molecule has 0 bridgehead atoms. The monoisotopic (exact) mass is 360 g/mol. The average Bonchev–Trinajstić information content (AvgIpc) is 3.08. The Bertz CT molecular complexity index is 1220.